The molecule has 2 unspecified atom stereocenters. The Kier molecular flexibility index (Phi) is 2.74. The summed E-state index contributed by atoms with van der Waals surface area (Å²) in [5.41, 5.74) is 1.80. The van der Waals surface area contributed by atoms with Crippen molar-refractivity contribution in [2.75, 3.05) is 11.4 Å². The highest BCUT2D eigenvalue weighted by atomic mass is 16.3. The Balaban J connectivity index is 2.11. The van der Waals surface area contributed by atoms with Crippen LogP contribution >= 0.6 is 0 Å². The van der Waals surface area contributed by atoms with Crippen LogP contribution in [0.1, 0.15) is 26.0 Å². The second kappa shape index (κ2) is 4.28. The van der Waals surface area contributed by atoms with Crippen LogP contribution < -0.4 is 4.90 Å². The first kappa shape index (κ1) is 11.5. The van der Waals surface area contributed by atoms with Gasteiger partial charge in [-0.3, -0.25) is 4.40 Å². The van der Waals surface area contributed by atoms with E-state index in [-0.39, 0.29) is 6.61 Å². The maximum Gasteiger partial charge on any atom is 0.153 e. The van der Waals surface area contributed by atoms with Gasteiger partial charge < -0.3 is 10.0 Å². The highest BCUT2D eigenvalue weighted by Crippen LogP contribution is 2.31. The number of aliphatic hydroxyl groups is 1. The minimum absolute atomic E-state index is 0.0259. The summed E-state index contributed by atoms with van der Waals surface area (Å²) in [5, 5.41) is 9.63. The molecule has 1 aliphatic rings. The molecule has 3 rings (SSSR count). The highest BCUT2D eigenvalue weighted by Gasteiger charge is 2.29. The van der Waals surface area contributed by atoms with Gasteiger partial charge in [-0.1, -0.05) is 13.0 Å². The average Bonchev–Trinajstić information content (AvgIpc) is 2.88. The van der Waals surface area contributed by atoms with Gasteiger partial charge in [0.15, 0.2) is 5.82 Å². The minimum atomic E-state index is 0.0259. The zero-order chi connectivity index (χ0) is 12.7. The fourth-order valence-corrected chi connectivity index (χ4v) is 3.01. The lowest BCUT2D eigenvalue weighted by atomic mass is 10.1. The number of nitrogens with zero attached hydrogens (tertiary/aromatic N) is 3. The molecule has 4 nitrogen and oxygen atoms in total. The molecule has 0 bridgehead atoms. The summed E-state index contributed by atoms with van der Waals surface area (Å²) >= 11 is 0. The molecule has 1 fully saturated rings. The van der Waals surface area contributed by atoms with E-state index in [2.05, 4.69) is 23.7 Å². The molecule has 2 aromatic heterocycles. The number of anilines is 1. The Morgan fingerprint density at radius 3 is 2.89 bits per heavy atom. The van der Waals surface area contributed by atoms with Crippen LogP contribution in [0.25, 0.3) is 5.65 Å². The number of hydrogen-bond acceptors (Lipinski definition) is 3. The van der Waals surface area contributed by atoms with E-state index in [4.69, 9.17) is 0 Å². The molecule has 2 atom stereocenters. The number of pyridine rings is 1. The molecular formula is C14H19N3O. The highest BCUT2D eigenvalue weighted by molar-refractivity contribution is 5.56. The van der Waals surface area contributed by atoms with Crippen LogP contribution in [0, 0.1) is 5.92 Å². The van der Waals surface area contributed by atoms with Crippen LogP contribution in [0.4, 0.5) is 5.82 Å². The number of aromatic nitrogens is 2. The third-order valence-electron chi connectivity index (χ3n) is 3.81. The zero-order valence-electron chi connectivity index (χ0n) is 10.9. The first-order chi connectivity index (χ1) is 8.70. The molecule has 1 aliphatic heterocycles. The van der Waals surface area contributed by atoms with E-state index in [0.717, 1.165) is 23.7 Å². The van der Waals surface area contributed by atoms with Crippen molar-refractivity contribution in [2.45, 2.75) is 32.9 Å². The summed E-state index contributed by atoms with van der Waals surface area (Å²) in [7, 11) is 0. The van der Waals surface area contributed by atoms with E-state index in [9.17, 15) is 5.11 Å². The van der Waals surface area contributed by atoms with Gasteiger partial charge in [-0.25, -0.2) is 4.98 Å². The second-order valence-electron chi connectivity index (χ2n) is 5.31. The SMILES string of the molecule is CC1CC(C)N(c2nc3ccccn3c2CO)C1. The molecule has 0 radical (unpaired) electrons. The van der Waals surface area contributed by atoms with Crippen LogP contribution in [0.2, 0.25) is 0 Å². The van der Waals surface area contributed by atoms with Crippen LogP contribution in [0.3, 0.4) is 0 Å². The molecule has 0 spiro atoms. The molecule has 1 saturated heterocycles. The van der Waals surface area contributed by atoms with Gasteiger partial charge in [-0.2, -0.15) is 0 Å². The predicted octanol–water partition coefficient (Wildman–Crippen LogP) is 2.06. The minimum Gasteiger partial charge on any atom is -0.390 e. The maximum atomic E-state index is 9.63. The molecule has 1 N–H and O–H groups in total. The largest absolute Gasteiger partial charge is 0.390 e. The number of imidazole rings is 1. The fourth-order valence-electron chi connectivity index (χ4n) is 3.01. The van der Waals surface area contributed by atoms with Gasteiger partial charge in [0.1, 0.15) is 5.65 Å². The first-order valence-electron chi connectivity index (χ1n) is 6.54. The summed E-state index contributed by atoms with van der Waals surface area (Å²) in [4.78, 5) is 7.00. The van der Waals surface area contributed by atoms with Gasteiger partial charge in [0, 0.05) is 18.8 Å². The third-order valence-corrected chi connectivity index (χ3v) is 3.81. The summed E-state index contributed by atoms with van der Waals surface area (Å²) < 4.78 is 1.98. The average molecular weight is 245 g/mol. The predicted molar refractivity (Wildman–Crippen MR) is 71.7 cm³/mol. The van der Waals surface area contributed by atoms with E-state index in [1.807, 2.05) is 28.8 Å². The third kappa shape index (κ3) is 1.68. The first-order valence-corrected chi connectivity index (χ1v) is 6.54. The van der Waals surface area contributed by atoms with E-state index in [1.165, 1.54) is 6.42 Å². The van der Waals surface area contributed by atoms with Crippen molar-refractivity contribution in [1.29, 1.82) is 0 Å². The van der Waals surface area contributed by atoms with Gasteiger partial charge in [-0.05, 0) is 31.4 Å². The number of fused-ring (bicyclic) bond motifs is 1. The topological polar surface area (TPSA) is 40.8 Å². The summed E-state index contributed by atoms with van der Waals surface area (Å²) in [6.45, 7) is 5.55. The van der Waals surface area contributed by atoms with E-state index in [0.29, 0.717) is 12.0 Å². The summed E-state index contributed by atoms with van der Waals surface area (Å²) in [6.07, 6.45) is 3.15. The molecule has 0 aliphatic carbocycles. The Bertz CT molecular complexity index is 563. The molecule has 18 heavy (non-hydrogen) atoms. The van der Waals surface area contributed by atoms with Gasteiger partial charge >= 0.3 is 0 Å². The van der Waals surface area contributed by atoms with Gasteiger partial charge in [0.25, 0.3) is 0 Å². The maximum absolute atomic E-state index is 9.63. The van der Waals surface area contributed by atoms with Crippen molar-refractivity contribution in [3.8, 4) is 0 Å². The van der Waals surface area contributed by atoms with Crippen molar-refractivity contribution >= 4 is 11.5 Å². The molecule has 96 valence electrons. The normalized spacial score (nSPS) is 24.1. The standard InChI is InChI=1S/C14H19N3O/c1-10-7-11(2)17(8-10)14-12(9-18)16-6-4-3-5-13(16)15-14/h3-6,10-11,18H,7-9H2,1-2H3. The second-order valence-corrected chi connectivity index (χ2v) is 5.31. The lowest BCUT2D eigenvalue weighted by Crippen LogP contribution is -2.28. The van der Waals surface area contributed by atoms with Crippen molar-refractivity contribution in [2.24, 2.45) is 5.92 Å². The lowest BCUT2D eigenvalue weighted by Gasteiger charge is -2.22. The summed E-state index contributed by atoms with van der Waals surface area (Å²) in [6, 6.07) is 6.42. The van der Waals surface area contributed by atoms with Crippen LogP contribution in [-0.2, 0) is 6.61 Å². The molecule has 0 aromatic carbocycles. The van der Waals surface area contributed by atoms with Crippen molar-refractivity contribution < 1.29 is 5.11 Å². The quantitative estimate of drug-likeness (QED) is 0.880. The van der Waals surface area contributed by atoms with E-state index < -0.39 is 0 Å². The van der Waals surface area contributed by atoms with Crippen molar-refractivity contribution in [1.82, 2.24) is 9.38 Å². The van der Waals surface area contributed by atoms with Gasteiger partial charge in [0.05, 0.1) is 12.3 Å². The fraction of sp³-hybridized carbons (Fsp3) is 0.500. The summed E-state index contributed by atoms with van der Waals surface area (Å²) in [5.74, 6) is 1.64. The molecule has 4 heteroatoms. The Hall–Kier alpha value is -1.55. The monoisotopic (exact) mass is 245 g/mol. The molecular weight excluding hydrogens is 226 g/mol. The Morgan fingerprint density at radius 2 is 2.22 bits per heavy atom. The zero-order valence-corrected chi connectivity index (χ0v) is 10.9. The lowest BCUT2D eigenvalue weighted by molar-refractivity contribution is 0.276. The smallest absolute Gasteiger partial charge is 0.153 e. The van der Waals surface area contributed by atoms with Crippen molar-refractivity contribution in [3.05, 3.63) is 30.1 Å². The van der Waals surface area contributed by atoms with E-state index >= 15 is 0 Å². The van der Waals surface area contributed by atoms with Crippen LogP contribution in [-0.4, -0.2) is 27.1 Å². The van der Waals surface area contributed by atoms with E-state index in [1.54, 1.807) is 0 Å². The Labute approximate surface area is 107 Å². The Morgan fingerprint density at radius 1 is 1.39 bits per heavy atom. The number of rotatable bonds is 2. The van der Waals surface area contributed by atoms with Crippen LogP contribution in [0.15, 0.2) is 24.4 Å². The van der Waals surface area contributed by atoms with Gasteiger partial charge in [0.2, 0.25) is 0 Å². The molecule has 0 saturated carbocycles. The van der Waals surface area contributed by atoms with Gasteiger partial charge in [-0.15, -0.1) is 0 Å². The number of aliphatic hydroxyl groups excluding tert-OH is 1. The molecule has 0 amide bonds. The number of hydrogen-bond donors (Lipinski definition) is 1. The molecule has 3 heterocycles. The van der Waals surface area contributed by atoms with Crippen molar-refractivity contribution in [3.63, 3.8) is 0 Å². The van der Waals surface area contributed by atoms with Crippen LogP contribution in [0.5, 0.6) is 0 Å². The molecule has 2 aromatic rings.